The minimum absolute atomic E-state index is 0.961. The highest BCUT2D eigenvalue weighted by atomic mass is 15.0. The summed E-state index contributed by atoms with van der Waals surface area (Å²) in [6.45, 7) is 2.12. The van der Waals surface area contributed by atoms with Crippen LogP contribution in [0.2, 0.25) is 0 Å². The van der Waals surface area contributed by atoms with E-state index in [1.54, 1.807) is 0 Å². The Morgan fingerprint density at radius 2 is 1.72 bits per heavy atom. The van der Waals surface area contributed by atoms with Crippen molar-refractivity contribution in [3.63, 3.8) is 0 Å². The van der Waals surface area contributed by atoms with E-state index in [9.17, 15) is 0 Å². The predicted molar refractivity (Wildman–Crippen MR) is 72.7 cm³/mol. The first-order chi connectivity index (χ1) is 8.86. The second-order valence-electron chi connectivity index (χ2n) is 4.49. The summed E-state index contributed by atoms with van der Waals surface area (Å²) in [5, 5.41) is 3.60. The number of fused-ring (bicyclic) bond motifs is 6. The van der Waals surface area contributed by atoms with Crippen molar-refractivity contribution in [3.8, 4) is 0 Å². The fourth-order valence-corrected chi connectivity index (χ4v) is 2.65. The standard InChI is InChI=1S/C15H11N3/c1-10-4-2-5-11-12-6-3-7-16-14(12)18-9-8-17-15(18)13(10)11/h2-9H,1H3. The molecular formula is C15H11N3. The number of aromatic nitrogens is 3. The van der Waals surface area contributed by atoms with Crippen molar-refractivity contribution in [1.82, 2.24) is 14.4 Å². The first kappa shape index (κ1) is 9.59. The third-order valence-electron chi connectivity index (χ3n) is 3.44. The van der Waals surface area contributed by atoms with Gasteiger partial charge in [-0.2, -0.15) is 0 Å². The normalized spacial score (nSPS) is 11.6. The Hall–Kier alpha value is -2.42. The number of nitrogens with zero attached hydrogens (tertiary/aromatic N) is 3. The highest BCUT2D eigenvalue weighted by molar-refractivity contribution is 6.11. The minimum Gasteiger partial charge on any atom is -0.283 e. The number of benzene rings is 1. The molecular weight excluding hydrogens is 222 g/mol. The van der Waals surface area contributed by atoms with E-state index in [4.69, 9.17) is 0 Å². The summed E-state index contributed by atoms with van der Waals surface area (Å²) in [5.41, 5.74) is 3.19. The monoisotopic (exact) mass is 233 g/mol. The molecule has 0 radical (unpaired) electrons. The molecule has 0 N–H and O–H groups in total. The molecule has 0 unspecified atom stereocenters. The van der Waals surface area contributed by atoms with Gasteiger partial charge in [0.1, 0.15) is 11.3 Å². The number of hydrogen-bond acceptors (Lipinski definition) is 2. The van der Waals surface area contributed by atoms with E-state index in [2.05, 4.69) is 45.6 Å². The first-order valence-corrected chi connectivity index (χ1v) is 5.95. The predicted octanol–water partition coefficient (Wildman–Crippen LogP) is 3.34. The molecule has 0 aliphatic heterocycles. The van der Waals surface area contributed by atoms with Gasteiger partial charge < -0.3 is 0 Å². The van der Waals surface area contributed by atoms with E-state index in [-0.39, 0.29) is 0 Å². The van der Waals surface area contributed by atoms with Crippen LogP contribution in [0.25, 0.3) is 27.5 Å². The van der Waals surface area contributed by atoms with E-state index in [1.807, 2.05) is 24.7 Å². The molecule has 3 heteroatoms. The maximum absolute atomic E-state index is 4.48. The van der Waals surface area contributed by atoms with Crippen molar-refractivity contribution in [2.75, 3.05) is 0 Å². The second-order valence-corrected chi connectivity index (χ2v) is 4.49. The van der Waals surface area contributed by atoms with Crippen LogP contribution >= 0.6 is 0 Å². The highest BCUT2D eigenvalue weighted by Crippen LogP contribution is 2.29. The Bertz CT molecular complexity index is 890. The van der Waals surface area contributed by atoms with Gasteiger partial charge in [-0.25, -0.2) is 9.97 Å². The summed E-state index contributed by atoms with van der Waals surface area (Å²) < 4.78 is 2.06. The van der Waals surface area contributed by atoms with E-state index >= 15 is 0 Å². The Balaban J connectivity index is 2.49. The van der Waals surface area contributed by atoms with Gasteiger partial charge in [0.2, 0.25) is 0 Å². The van der Waals surface area contributed by atoms with Crippen molar-refractivity contribution < 1.29 is 0 Å². The molecule has 0 bridgehead atoms. The molecule has 3 nitrogen and oxygen atoms in total. The van der Waals surface area contributed by atoms with Crippen LogP contribution in [0.1, 0.15) is 5.56 Å². The summed E-state index contributed by atoms with van der Waals surface area (Å²) in [6, 6.07) is 10.4. The van der Waals surface area contributed by atoms with Gasteiger partial charge >= 0.3 is 0 Å². The van der Waals surface area contributed by atoms with Crippen LogP contribution in [0.15, 0.2) is 48.9 Å². The van der Waals surface area contributed by atoms with Crippen LogP contribution in [-0.2, 0) is 0 Å². The molecule has 4 aromatic rings. The van der Waals surface area contributed by atoms with Crippen molar-refractivity contribution in [1.29, 1.82) is 0 Å². The van der Waals surface area contributed by atoms with Crippen LogP contribution in [0.3, 0.4) is 0 Å². The summed E-state index contributed by atoms with van der Waals surface area (Å²) >= 11 is 0. The lowest BCUT2D eigenvalue weighted by molar-refractivity contribution is 1.20. The van der Waals surface area contributed by atoms with Crippen molar-refractivity contribution in [2.45, 2.75) is 6.92 Å². The smallest absolute Gasteiger partial charge is 0.146 e. The molecule has 0 fully saturated rings. The number of hydrogen-bond donors (Lipinski definition) is 0. The largest absolute Gasteiger partial charge is 0.283 e. The molecule has 3 heterocycles. The van der Waals surface area contributed by atoms with Crippen molar-refractivity contribution >= 4 is 27.5 Å². The molecule has 3 aromatic heterocycles. The lowest BCUT2D eigenvalue weighted by Gasteiger charge is -2.08. The molecule has 1 aromatic carbocycles. The number of rotatable bonds is 0. The van der Waals surface area contributed by atoms with E-state index in [0.29, 0.717) is 0 Å². The van der Waals surface area contributed by atoms with Crippen LogP contribution in [0, 0.1) is 6.92 Å². The van der Waals surface area contributed by atoms with Gasteiger partial charge in [0.05, 0.1) is 0 Å². The lowest BCUT2D eigenvalue weighted by atomic mass is 10.0. The molecule has 0 aliphatic rings. The van der Waals surface area contributed by atoms with Gasteiger partial charge in [-0.05, 0) is 30.0 Å². The van der Waals surface area contributed by atoms with Gasteiger partial charge in [-0.1, -0.05) is 18.2 Å². The Kier molecular flexibility index (Phi) is 1.75. The zero-order valence-electron chi connectivity index (χ0n) is 9.96. The summed E-state index contributed by atoms with van der Waals surface area (Å²) in [7, 11) is 0. The average molecular weight is 233 g/mol. The first-order valence-electron chi connectivity index (χ1n) is 5.95. The SMILES string of the molecule is Cc1cccc2c3cccnc3n3ccnc3c12. The maximum Gasteiger partial charge on any atom is 0.146 e. The molecule has 18 heavy (non-hydrogen) atoms. The van der Waals surface area contributed by atoms with Gasteiger partial charge in [-0.15, -0.1) is 0 Å². The molecule has 0 aliphatic carbocycles. The molecule has 86 valence electrons. The van der Waals surface area contributed by atoms with E-state index in [0.717, 1.165) is 11.3 Å². The van der Waals surface area contributed by atoms with Crippen LogP contribution in [-0.4, -0.2) is 14.4 Å². The van der Waals surface area contributed by atoms with E-state index < -0.39 is 0 Å². The quantitative estimate of drug-likeness (QED) is 0.436. The number of pyridine rings is 2. The zero-order valence-corrected chi connectivity index (χ0v) is 9.96. The fraction of sp³-hybridized carbons (Fsp3) is 0.0667. The molecule has 0 atom stereocenters. The summed E-state index contributed by atoms with van der Waals surface area (Å²) in [5.74, 6) is 0. The zero-order chi connectivity index (χ0) is 12.1. The minimum atomic E-state index is 0.961. The third-order valence-corrected chi connectivity index (χ3v) is 3.44. The molecule has 4 rings (SSSR count). The highest BCUT2D eigenvalue weighted by Gasteiger charge is 2.10. The second kappa shape index (κ2) is 3.29. The van der Waals surface area contributed by atoms with Crippen LogP contribution in [0.5, 0.6) is 0 Å². The van der Waals surface area contributed by atoms with Crippen LogP contribution in [0.4, 0.5) is 0 Å². The Morgan fingerprint density at radius 3 is 2.67 bits per heavy atom. The third kappa shape index (κ3) is 1.08. The van der Waals surface area contributed by atoms with Crippen molar-refractivity contribution in [2.24, 2.45) is 0 Å². The van der Waals surface area contributed by atoms with Gasteiger partial charge in [-0.3, -0.25) is 4.40 Å². The maximum atomic E-state index is 4.48. The Morgan fingerprint density at radius 1 is 0.889 bits per heavy atom. The summed E-state index contributed by atoms with van der Waals surface area (Å²) in [4.78, 5) is 8.97. The average Bonchev–Trinajstić information content (AvgIpc) is 2.88. The molecule has 0 amide bonds. The number of imidazole rings is 1. The lowest BCUT2D eigenvalue weighted by Crippen LogP contribution is -1.93. The molecule has 0 saturated heterocycles. The topological polar surface area (TPSA) is 30.2 Å². The van der Waals surface area contributed by atoms with Gasteiger partial charge in [0.15, 0.2) is 0 Å². The summed E-state index contributed by atoms with van der Waals surface area (Å²) in [6.07, 6.45) is 5.62. The van der Waals surface area contributed by atoms with Crippen molar-refractivity contribution in [3.05, 3.63) is 54.5 Å². The van der Waals surface area contributed by atoms with E-state index in [1.165, 1.54) is 21.7 Å². The molecule has 0 spiro atoms. The number of aryl methyl sites for hydroxylation is 1. The van der Waals surface area contributed by atoms with Crippen LogP contribution < -0.4 is 0 Å². The van der Waals surface area contributed by atoms with Gasteiger partial charge in [0.25, 0.3) is 0 Å². The molecule has 0 saturated carbocycles. The fourth-order valence-electron chi connectivity index (χ4n) is 2.65. The Labute approximate surface area is 104 Å². The van der Waals surface area contributed by atoms with Gasteiger partial charge in [0, 0.05) is 29.4 Å².